The van der Waals surface area contributed by atoms with Crippen molar-refractivity contribution in [3.05, 3.63) is 42.2 Å². The Balaban J connectivity index is 1.71. The lowest BCUT2D eigenvalue weighted by atomic mass is 10.2. The number of hydrogen-bond acceptors (Lipinski definition) is 6. The van der Waals surface area contributed by atoms with Gasteiger partial charge in [-0.1, -0.05) is 23.9 Å². The van der Waals surface area contributed by atoms with Crippen LogP contribution in [0.2, 0.25) is 0 Å². The van der Waals surface area contributed by atoms with Crippen LogP contribution < -0.4 is 4.72 Å². The molecule has 0 radical (unpaired) electrons. The first-order valence-electron chi connectivity index (χ1n) is 6.93. The van der Waals surface area contributed by atoms with Crippen molar-refractivity contribution in [1.82, 2.24) is 14.7 Å². The van der Waals surface area contributed by atoms with Gasteiger partial charge >= 0.3 is 0 Å². The van der Waals surface area contributed by atoms with Crippen molar-refractivity contribution in [2.24, 2.45) is 7.05 Å². The monoisotopic (exact) mass is 366 g/mol. The highest BCUT2D eigenvalue weighted by Crippen LogP contribution is 2.22. The molecular weight excluding hydrogens is 352 g/mol. The Bertz CT molecular complexity index is 874. The molecule has 24 heavy (non-hydrogen) atoms. The Hall–Kier alpha value is -2.33. The fourth-order valence-electron chi connectivity index (χ4n) is 2.15. The number of thioether (sulfide) groups is 1. The quantitative estimate of drug-likeness (QED) is 0.859. The highest BCUT2D eigenvalue weighted by atomic mass is 32.2. The molecule has 1 fully saturated rings. The minimum atomic E-state index is -3.70. The maximum absolute atomic E-state index is 12.2. The Morgan fingerprint density at radius 3 is 2.50 bits per heavy atom. The summed E-state index contributed by atoms with van der Waals surface area (Å²) in [5, 5.41) is 3.57. The first-order valence-corrected chi connectivity index (χ1v) is 9.39. The third-order valence-electron chi connectivity index (χ3n) is 3.38. The summed E-state index contributed by atoms with van der Waals surface area (Å²) in [6, 6.07) is 6.51. The molecule has 1 aliphatic heterocycles. The van der Waals surface area contributed by atoms with Crippen molar-refractivity contribution in [2.75, 3.05) is 10.5 Å². The number of nitrogens with zero attached hydrogens (tertiary/aromatic N) is 3. The molecule has 1 aromatic carbocycles. The van der Waals surface area contributed by atoms with Gasteiger partial charge in [-0.2, -0.15) is 5.10 Å². The molecule has 0 unspecified atom stereocenters. The second-order valence-electron chi connectivity index (χ2n) is 5.19. The number of aromatic nitrogens is 2. The smallest absolute Gasteiger partial charge is 0.280 e. The molecule has 0 saturated carbocycles. The van der Waals surface area contributed by atoms with Crippen molar-refractivity contribution >= 4 is 38.6 Å². The Kier molecular flexibility index (Phi) is 4.33. The number of hydrogen-bond donors (Lipinski definition) is 1. The maximum Gasteiger partial charge on any atom is 0.289 e. The first kappa shape index (κ1) is 16.5. The number of amides is 2. The molecule has 3 rings (SSSR count). The first-order chi connectivity index (χ1) is 11.3. The summed E-state index contributed by atoms with van der Waals surface area (Å²) >= 11 is 0.981. The largest absolute Gasteiger partial charge is 0.289 e. The molecule has 1 saturated heterocycles. The summed E-state index contributed by atoms with van der Waals surface area (Å²) in [6.45, 7) is 0.181. The number of carbonyl (C=O) groups excluding carboxylic acids is 2. The van der Waals surface area contributed by atoms with Crippen LogP contribution in [0.25, 0.3) is 0 Å². The van der Waals surface area contributed by atoms with Gasteiger partial charge in [0.05, 0.1) is 18.5 Å². The van der Waals surface area contributed by atoms with Gasteiger partial charge in [0.15, 0.2) is 0 Å². The summed E-state index contributed by atoms with van der Waals surface area (Å²) in [5.41, 5.74) is 1.12. The summed E-state index contributed by atoms with van der Waals surface area (Å²) < 4.78 is 28.3. The molecule has 0 aliphatic carbocycles. The number of aryl methyl sites for hydroxylation is 1. The third kappa shape index (κ3) is 3.44. The lowest BCUT2D eigenvalue weighted by Crippen LogP contribution is -2.27. The number of carbonyl (C=O) groups is 2. The molecule has 0 spiro atoms. The van der Waals surface area contributed by atoms with Gasteiger partial charge in [0.25, 0.3) is 15.3 Å². The zero-order valence-electron chi connectivity index (χ0n) is 12.7. The van der Waals surface area contributed by atoms with Gasteiger partial charge in [0.1, 0.15) is 4.90 Å². The van der Waals surface area contributed by atoms with E-state index in [4.69, 9.17) is 0 Å². The third-order valence-corrected chi connectivity index (χ3v) is 5.57. The van der Waals surface area contributed by atoms with Gasteiger partial charge in [-0.15, -0.1) is 0 Å². The van der Waals surface area contributed by atoms with Crippen LogP contribution >= 0.6 is 11.8 Å². The van der Waals surface area contributed by atoms with Crippen LogP contribution in [0.3, 0.4) is 0 Å². The molecular formula is C14H14N4O4S2. The van der Waals surface area contributed by atoms with Crippen LogP contribution in [0.4, 0.5) is 10.5 Å². The Labute approximate surface area is 142 Å². The summed E-state index contributed by atoms with van der Waals surface area (Å²) in [5.74, 6) is -0.0479. The average Bonchev–Trinajstić information content (AvgIpc) is 3.10. The van der Waals surface area contributed by atoms with Crippen molar-refractivity contribution in [3.8, 4) is 0 Å². The molecule has 2 heterocycles. The van der Waals surface area contributed by atoms with E-state index in [-0.39, 0.29) is 28.3 Å². The molecule has 10 heteroatoms. The zero-order valence-corrected chi connectivity index (χ0v) is 14.3. The van der Waals surface area contributed by atoms with E-state index in [2.05, 4.69) is 9.82 Å². The molecule has 8 nitrogen and oxygen atoms in total. The number of benzene rings is 1. The fourth-order valence-corrected chi connectivity index (χ4v) is 3.91. The van der Waals surface area contributed by atoms with E-state index in [0.717, 1.165) is 17.3 Å². The van der Waals surface area contributed by atoms with E-state index in [1.807, 2.05) is 0 Å². The lowest BCUT2D eigenvalue weighted by Gasteiger charge is -2.13. The van der Waals surface area contributed by atoms with Gasteiger partial charge in [-0.05, 0) is 17.7 Å². The van der Waals surface area contributed by atoms with E-state index < -0.39 is 10.0 Å². The van der Waals surface area contributed by atoms with Crippen LogP contribution in [0.15, 0.2) is 41.6 Å². The van der Waals surface area contributed by atoms with E-state index in [0.29, 0.717) is 5.69 Å². The van der Waals surface area contributed by atoms with Crippen molar-refractivity contribution in [3.63, 3.8) is 0 Å². The highest BCUT2D eigenvalue weighted by molar-refractivity contribution is 8.14. The van der Waals surface area contributed by atoms with Gasteiger partial charge in [0, 0.05) is 18.9 Å². The Morgan fingerprint density at radius 1 is 1.25 bits per heavy atom. The average molecular weight is 366 g/mol. The summed E-state index contributed by atoms with van der Waals surface area (Å²) in [7, 11) is -2.07. The van der Waals surface area contributed by atoms with E-state index in [1.165, 1.54) is 22.0 Å². The molecule has 0 atom stereocenters. The summed E-state index contributed by atoms with van der Waals surface area (Å²) in [6.07, 6.45) is 2.66. The van der Waals surface area contributed by atoms with Crippen LogP contribution in [0.5, 0.6) is 0 Å². The van der Waals surface area contributed by atoms with E-state index in [1.54, 1.807) is 31.3 Å². The Morgan fingerprint density at radius 2 is 1.96 bits per heavy atom. The molecule has 2 amide bonds. The second kappa shape index (κ2) is 6.29. The van der Waals surface area contributed by atoms with Gasteiger partial charge in [-0.25, -0.2) is 8.42 Å². The standard InChI is InChI=1S/C14H14N4O4S2/c1-17-8-12(6-15-17)24(21,22)16-11-4-2-10(3-5-11)7-18-13(19)9-23-14(18)20/h2-6,8,16H,7,9H2,1H3. The number of sulfonamides is 1. The van der Waals surface area contributed by atoms with E-state index >= 15 is 0 Å². The predicted molar refractivity (Wildman–Crippen MR) is 88.9 cm³/mol. The van der Waals surface area contributed by atoms with Gasteiger partial charge < -0.3 is 0 Å². The van der Waals surface area contributed by atoms with Gasteiger partial charge in [0.2, 0.25) is 5.91 Å². The predicted octanol–water partition coefficient (Wildman–Crippen LogP) is 1.42. The molecule has 1 aromatic heterocycles. The van der Waals surface area contributed by atoms with E-state index in [9.17, 15) is 18.0 Å². The molecule has 1 aliphatic rings. The molecule has 126 valence electrons. The van der Waals surface area contributed by atoms with Crippen LogP contribution in [0, 0.1) is 0 Å². The number of anilines is 1. The van der Waals surface area contributed by atoms with Crippen molar-refractivity contribution < 1.29 is 18.0 Å². The molecule has 2 aromatic rings. The topological polar surface area (TPSA) is 101 Å². The number of imide groups is 1. The molecule has 0 bridgehead atoms. The van der Waals surface area contributed by atoms with Crippen LogP contribution in [0.1, 0.15) is 5.56 Å². The normalized spacial score (nSPS) is 15.1. The maximum atomic E-state index is 12.2. The molecule has 1 N–H and O–H groups in total. The highest BCUT2D eigenvalue weighted by Gasteiger charge is 2.29. The lowest BCUT2D eigenvalue weighted by molar-refractivity contribution is -0.125. The van der Waals surface area contributed by atoms with Crippen molar-refractivity contribution in [1.29, 1.82) is 0 Å². The van der Waals surface area contributed by atoms with Gasteiger partial charge in [-0.3, -0.25) is 23.9 Å². The minimum Gasteiger partial charge on any atom is -0.280 e. The summed E-state index contributed by atoms with van der Waals surface area (Å²) in [4.78, 5) is 24.4. The SMILES string of the molecule is Cn1cc(S(=O)(=O)Nc2ccc(CN3C(=O)CSC3=O)cc2)cn1. The number of nitrogens with one attached hydrogen (secondary N) is 1. The zero-order chi connectivity index (χ0) is 17.3. The number of rotatable bonds is 5. The van der Waals surface area contributed by atoms with Crippen LogP contribution in [-0.4, -0.2) is 40.0 Å². The fraction of sp³-hybridized carbons (Fsp3) is 0.214. The second-order valence-corrected chi connectivity index (χ2v) is 7.80. The van der Waals surface area contributed by atoms with Crippen molar-refractivity contribution in [2.45, 2.75) is 11.4 Å². The minimum absolute atomic E-state index is 0.0689. The van der Waals surface area contributed by atoms with Crippen LogP contribution in [-0.2, 0) is 28.4 Å².